The van der Waals surface area contributed by atoms with Crippen LogP contribution in [0.2, 0.25) is 0 Å². The molecule has 1 unspecified atom stereocenters. The molecule has 7 nitrogen and oxygen atoms in total. The van der Waals surface area contributed by atoms with E-state index in [4.69, 9.17) is 9.47 Å². The fourth-order valence-corrected chi connectivity index (χ4v) is 4.94. The van der Waals surface area contributed by atoms with E-state index in [-0.39, 0.29) is 29.6 Å². The third-order valence-electron chi connectivity index (χ3n) is 6.43. The number of ether oxygens (including phenoxy) is 2. The number of rotatable bonds is 4. The number of piperidine rings is 1. The molecule has 28 heavy (non-hydrogen) atoms. The van der Waals surface area contributed by atoms with Crippen LogP contribution in [0.25, 0.3) is 0 Å². The van der Waals surface area contributed by atoms with Crippen molar-refractivity contribution >= 4 is 11.9 Å². The van der Waals surface area contributed by atoms with E-state index in [1.54, 1.807) is 7.11 Å². The van der Waals surface area contributed by atoms with Crippen LogP contribution in [0, 0.1) is 0 Å². The number of carbonyl (C=O) groups excluding carboxylic acids is 2. The fourth-order valence-electron chi connectivity index (χ4n) is 4.94. The number of hydrogen-bond donors (Lipinski definition) is 1. The first-order valence-electron chi connectivity index (χ1n) is 10.2. The van der Waals surface area contributed by atoms with Gasteiger partial charge in [0.2, 0.25) is 0 Å². The molecule has 3 heterocycles. The lowest BCUT2D eigenvalue weighted by atomic mass is 9.72. The molecule has 1 aromatic carbocycles. The van der Waals surface area contributed by atoms with Crippen molar-refractivity contribution in [3.63, 3.8) is 0 Å². The Bertz CT molecular complexity index is 697. The summed E-state index contributed by atoms with van der Waals surface area (Å²) in [5, 5.41) is 2.99. The monoisotopic (exact) mass is 387 g/mol. The lowest BCUT2D eigenvalue weighted by molar-refractivity contribution is -0.213. The van der Waals surface area contributed by atoms with Gasteiger partial charge in [0, 0.05) is 46.0 Å². The molecule has 3 amide bonds. The second-order valence-corrected chi connectivity index (χ2v) is 7.90. The molecule has 1 spiro atoms. The average molecular weight is 387 g/mol. The van der Waals surface area contributed by atoms with Gasteiger partial charge in [-0.25, -0.2) is 4.79 Å². The van der Waals surface area contributed by atoms with Crippen molar-refractivity contribution in [2.45, 2.75) is 49.9 Å². The summed E-state index contributed by atoms with van der Waals surface area (Å²) in [5.74, 6) is 0.0939. The lowest BCUT2D eigenvalue weighted by Gasteiger charge is -2.61. The maximum Gasteiger partial charge on any atom is 0.317 e. The summed E-state index contributed by atoms with van der Waals surface area (Å²) < 4.78 is 11.0. The van der Waals surface area contributed by atoms with Gasteiger partial charge in [0.25, 0.3) is 5.91 Å². The van der Waals surface area contributed by atoms with Gasteiger partial charge in [-0.05, 0) is 31.2 Å². The Balaban J connectivity index is 1.32. The topological polar surface area (TPSA) is 71.1 Å². The Hall–Kier alpha value is -2.12. The Morgan fingerprint density at radius 2 is 1.89 bits per heavy atom. The number of nitrogens with zero attached hydrogens (tertiary/aromatic N) is 2. The zero-order valence-electron chi connectivity index (χ0n) is 16.4. The highest BCUT2D eigenvalue weighted by molar-refractivity contribution is 5.91. The Morgan fingerprint density at radius 1 is 1.21 bits per heavy atom. The number of urea groups is 1. The Kier molecular flexibility index (Phi) is 5.55. The van der Waals surface area contributed by atoms with Crippen LogP contribution < -0.4 is 5.32 Å². The smallest absolute Gasteiger partial charge is 0.317 e. The van der Waals surface area contributed by atoms with E-state index in [2.05, 4.69) is 10.2 Å². The number of likely N-dealkylation sites (tertiary alicyclic amines) is 2. The van der Waals surface area contributed by atoms with Crippen molar-refractivity contribution in [3.05, 3.63) is 35.9 Å². The molecule has 3 fully saturated rings. The molecule has 0 bridgehead atoms. The second kappa shape index (κ2) is 8.09. The summed E-state index contributed by atoms with van der Waals surface area (Å²) in [6.07, 6.45) is 2.93. The quantitative estimate of drug-likeness (QED) is 0.800. The maximum absolute atomic E-state index is 12.7. The third kappa shape index (κ3) is 3.37. The SMILES string of the molecule is COC1C(=O)N(C2CCN(C(=O)NCc3ccccc3)CC2)C12CCOCC2. The molecule has 1 atom stereocenters. The van der Waals surface area contributed by atoms with E-state index in [9.17, 15) is 9.59 Å². The summed E-state index contributed by atoms with van der Waals surface area (Å²) in [4.78, 5) is 29.1. The summed E-state index contributed by atoms with van der Waals surface area (Å²) >= 11 is 0. The van der Waals surface area contributed by atoms with Gasteiger partial charge in [-0.2, -0.15) is 0 Å². The van der Waals surface area contributed by atoms with E-state index < -0.39 is 0 Å². The van der Waals surface area contributed by atoms with Gasteiger partial charge in [0.05, 0.1) is 5.54 Å². The molecule has 3 aliphatic rings. The lowest BCUT2D eigenvalue weighted by Crippen LogP contribution is -2.79. The maximum atomic E-state index is 12.7. The number of carbonyl (C=O) groups is 2. The predicted molar refractivity (Wildman–Crippen MR) is 104 cm³/mol. The van der Waals surface area contributed by atoms with Crippen LogP contribution in [0.15, 0.2) is 30.3 Å². The molecule has 3 aliphatic heterocycles. The van der Waals surface area contributed by atoms with Gasteiger partial charge >= 0.3 is 6.03 Å². The first-order valence-corrected chi connectivity index (χ1v) is 10.2. The highest BCUT2D eigenvalue weighted by Crippen LogP contribution is 2.45. The van der Waals surface area contributed by atoms with E-state index in [0.717, 1.165) is 31.2 Å². The molecule has 3 saturated heterocycles. The van der Waals surface area contributed by atoms with E-state index in [1.807, 2.05) is 35.2 Å². The van der Waals surface area contributed by atoms with Crippen LogP contribution in [0.1, 0.15) is 31.2 Å². The van der Waals surface area contributed by atoms with Crippen LogP contribution in [-0.2, 0) is 20.8 Å². The van der Waals surface area contributed by atoms with Crippen molar-refractivity contribution in [1.82, 2.24) is 15.1 Å². The molecule has 0 saturated carbocycles. The van der Waals surface area contributed by atoms with Crippen LogP contribution in [0.5, 0.6) is 0 Å². The van der Waals surface area contributed by atoms with Gasteiger partial charge in [0.15, 0.2) is 6.10 Å². The van der Waals surface area contributed by atoms with Gasteiger partial charge < -0.3 is 24.6 Å². The van der Waals surface area contributed by atoms with Crippen LogP contribution >= 0.6 is 0 Å². The van der Waals surface area contributed by atoms with Crippen LogP contribution in [0.4, 0.5) is 4.79 Å². The summed E-state index contributed by atoms with van der Waals surface area (Å²) in [6, 6.07) is 10.0. The average Bonchev–Trinajstić information content (AvgIpc) is 2.74. The predicted octanol–water partition coefficient (Wildman–Crippen LogP) is 1.77. The molecule has 1 aromatic rings. The van der Waals surface area contributed by atoms with E-state index >= 15 is 0 Å². The summed E-state index contributed by atoms with van der Waals surface area (Å²) in [6.45, 7) is 3.20. The van der Waals surface area contributed by atoms with E-state index in [1.165, 1.54) is 0 Å². The minimum Gasteiger partial charge on any atom is -0.381 e. The summed E-state index contributed by atoms with van der Waals surface area (Å²) in [7, 11) is 1.62. The first kappa shape index (κ1) is 19.2. The van der Waals surface area contributed by atoms with Crippen molar-refractivity contribution in [1.29, 1.82) is 0 Å². The molecule has 4 rings (SSSR count). The molecular formula is C21H29N3O4. The van der Waals surface area contributed by atoms with Crippen LogP contribution in [0.3, 0.4) is 0 Å². The van der Waals surface area contributed by atoms with Gasteiger partial charge in [-0.3, -0.25) is 4.79 Å². The number of methoxy groups -OCH3 is 1. The normalized spacial score (nSPS) is 24.9. The molecule has 0 aromatic heterocycles. The Labute approximate surface area is 166 Å². The first-order chi connectivity index (χ1) is 13.7. The standard InChI is InChI=1S/C21H29N3O4/c1-27-18-19(25)24(21(18)9-13-28-14-10-21)17-7-11-23(12-8-17)20(26)22-15-16-5-3-2-4-6-16/h2-6,17-18H,7-15H2,1H3,(H,22,26). The number of hydrogen-bond acceptors (Lipinski definition) is 4. The zero-order chi connectivity index (χ0) is 19.6. The van der Waals surface area contributed by atoms with Crippen LogP contribution in [-0.4, -0.2) is 72.8 Å². The minimum absolute atomic E-state index is 0.0345. The third-order valence-corrected chi connectivity index (χ3v) is 6.43. The molecule has 0 aliphatic carbocycles. The zero-order valence-corrected chi connectivity index (χ0v) is 16.4. The summed E-state index contributed by atoms with van der Waals surface area (Å²) in [5.41, 5.74) is 0.871. The molecule has 152 valence electrons. The fraction of sp³-hybridized carbons (Fsp3) is 0.619. The van der Waals surface area contributed by atoms with Crippen molar-refractivity contribution in [3.8, 4) is 0 Å². The van der Waals surface area contributed by atoms with E-state index in [0.29, 0.717) is 32.8 Å². The highest BCUT2D eigenvalue weighted by atomic mass is 16.5. The van der Waals surface area contributed by atoms with Gasteiger partial charge in [-0.1, -0.05) is 30.3 Å². The van der Waals surface area contributed by atoms with Crippen molar-refractivity contribution < 1.29 is 19.1 Å². The molecular weight excluding hydrogens is 358 g/mol. The molecule has 1 N–H and O–H groups in total. The highest BCUT2D eigenvalue weighted by Gasteiger charge is 2.62. The van der Waals surface area contributed by atoms with Gasteiger partial charge in [-0.15, -0.1) is 0 Å². The second-order valence-electron chi connectivity index (χ2n) is 7.90. The van der Waals surface area contributed by atoms with Crippen molar-refractivity contribution in [2.75, 3.05) is 33.4 Å². The number of nitrogens with one attached hydrogen (secondary N) is 1. The number of benzene rings is 1. The Morgan fingerprint density at radius 3 is 2.54 bits per heavy atom. The molecule has 0 radical (unpaired) electrons. The molecule has 7 heteroatoms. The van der Waals surface area contributed by atoms with Gasteiger partial charge in [0.1, 0.15) is 0 Å². The van der Waals surface area contributed by atoms with Crippen molar-refractivity contribution in [2.24, 2.45) is 0 Å². The minimum atomic E-state index is -0.344. The number of amides is 3. The number of β-lactam (4-membered cyclic amide) rings is 1. The largest absolute Gasteiger partial charge is 0.381 e.